The van der Waals surface area contributed by atoms with Crippen molar-refractivity contribution in [1.82, 2.24) is 4.90 Å². The lowest BCUT2D eigenvalue weighted by atomic mass is 9.87. The molecule has 0 radical (unpaired) electrons. The number of hydrogen-bond donors (Lipinski definition) is 0. The fraction of sp³-hybridized carbons (Fsp3) is 1.00. The van der Waals surface area contributed by atoms with Gasteiger partial charge >= 0.3 is 0 Å². The lowest BCUT2D eigenvalue weighted by Gasteiger charge is -2.40. The maximum atomic E-state index is 5.90. The molecule has 2 rings (SSSR count). The molecule has 1 aliphatic carbocycles. The molecule has 0 aromatic heterocycles. The molecule has 112 valence electrons. The van der Waals surface area contributed by atoms with E-state index >= 15 is 0 Å². The van der Waals surface area contributed by atoms with Crippen LogP contribution in [0, 0.1) is 5.92 Å². The van der Waals surface area contributed by atoms with Gasteiger partial charge in [-0.2, -0.15) is 0 Å². The molecule has 2 aliphatic rings. The fourth-order valence-electron chi connectivity index (χ4n) is 3.88. The van der Waals surface area contributed by atoms with Crippen molar-refractivity contribution < 1.29 is 4.74 Å². The summed E-state index contributed by atoms with van der Waals surface area (Å²) in [6, 6.07) is 0.865. The van der Waals surface area contributed by atoms with Crippen LogP contribution < -0.4 is 0 Å². The summed E-state index contributed by atoms with van der Waals surface area (Å²) in [7, 11) is 0. The summed E-state index contributed by atoms with van der Waals surface area (Å²) in [6.07, 6.45) is 12.7. The zero-order valence-electron chi connectivity index (χ0n) is 13.1. The molecular weight excluding hydrogens is 234 g/mol. The SMILES string of the molecule is CCCO[C@H]1CC[C@H](N2CCC(CCC)CC2)CC1. The van der Waals surface area contributed by atoms with E-state index in [1.165, 1.54) is 64.5 Å². The molecule has 1 aliphatic heterocycles. The van der Waals surface area contributed by atoms with Crippen molar-refractivity contribution in [1.29, 1.82) is 0 Å². The lowest BCUT2D eigenvalue weighted by molar-refractivity contribution is 0.00190. The average Bonchev–Trinajstić information content (AvgIpc) is 2.47. The van der Waals surface area contributed by atoms with Gasteiger partial charge in [-0.1, -0.05) is 26.7 Å². The first-order valence-corrected chi connectivity index (χ1v) is 8.69. The highest BCUT2D eigenvalue weighted by atomic mass is 16.5. The minimum atomic E-state index is 0.564. The Hall–Kier alpha value is -0.0800. The van der Waals surface area contributed by atoms with Crippen LogP contribution in [-0.2, 0) is 4.74 Å². The number of piperidine rings is 1. The molecule has 19 heavy (non-hydrogen) atoms. The molecule has 2 fully saturated rings. The van der Waals surface area contributed by atoms with Crippen LogP contribution in [0.5, 0.6) is 0 Å². The minimum Gasteiger partial charge on any atom is -0.378 e. The van der Waals surface area contributed by atoms with Gasteiger partial charge in [0.25, 0.3) is 0 Å². The molecule has 0 amide bonds. The minimum absolute atomic E-state index is 0.564. The molecule has 2 heteroatoms. The first-order valence-electron chi connectivity index (χ1n) is 8.69. The van der Waals surface area contributed by atoms with Crippen LogP contribution in [0.3, 0.4) is 0 Å². The zero-order valence-corrected chi connectivity index (χ0v) is 13.1. The van der Waals surface area contributed by atoms with Gasteiger partial charge in [0, 0.05) is 12.6 Å². The van der Waals surface area contributed by atoms with E-state index in [1.807, 2.05) is 0 Å². The van der Waals surface area contributed by atoms with Gasteiger partial charge in [-0.05, 0) is 64.0 Å². The van der Waals surface area contributed by atoms with E-state index in [0.717, 1.165) is 25.0 Å². The molecule has 1 saturated heterocycles. The van der Waals surface area contributed by atoms with Gasteiger partial charge in [0.15, 0.2) is 0 Å². The molecule has 0 N–H and O–H groups in total. The lowest BCUT2D eigenvalue weighted by Crippen LogP contribution is -2.44. The largest absolute Gasteiger partial charge is 0.378 e. The van der Waals surface area contributed by atoms with Crippen LogP contribution >= 0.6 is 0 Å². The van der Waals surface area contributed by atoms with Crippen molar-refractivity contribution in [3.8, 4) is 0 Å². The van der Waals surface area contributed by atoms with E-state index in [0.29, 0.717) is 6.10 Å². The Morgan fingerprint density at radius 1 is 0.895 bits per heavy atom. The van der Waals surface area contributed by atoms with Crippen molar-refractivity contribution in [2.24, 2.45) is 5.92 Å². The Balaban J connectivity index is 1.65. The van der Waals surface area contributed by atoms with E-state index in [1.54, 1.807) is 0 Å². The highest BCUT2D eigenvalue weighted by Gasteiger charge is 2.28. The van der Waals surface area contributed by atoms with Crippen LogP contribution in [-0.4, -0.2) is 36.7 Å². The van der Waals surface area contributed by atoms with E-state index in [2.05, 4.69) is 18.7 Å². The normalized spacial score (nSPS) is 30.6. The van der Waals surface area contributed by atoms with Crippen molar-refractivity contribution in [2.45, 2.75) is 83.8 Å². The predicted octanol–water partition coefficient (Wildman–Crippen LogP) is 4.24. The van der Waals surface area contributed by atoms with Crippen LogP contribution in [0.4, 0.5) is 0 Å². The number of hydrogen-bond acceptors (Lipinski definition) is 2. The molecule has 1 saturated carbocycles. The van der Waals surface area contributed by atoms with Crippen LogP contribution in [0.25, 0.3) is 0 Å². The Morgan fingerprint density at radius 2 is 1.58 bits per heavy atom. The molecule has 0 aromatic carbocycles. The maximum Gasteiger partial charge on any atom is 0.0576 e. The molecule has 0 atom stereocenters. The maximum absolute atomic E-state index is 5.90. The first-order chi connectivity index (χ1) is 9.33. The first kappa shape index (κ1) is 15.3. The molecule has 0 unspecified atom stereocenters. The molecule has 0 aromatic rings. The fourth-order valence-corrected chi connectivity index (χ4v) is 3.88. The van der Waals surface area contributed by atoms with Gasteiger partial charge in [0.1, 0.15) is 0 Å². The number of rotatable bonds is 6. The summed E-state index contributed by atoms with van der Waals surface area (Å²) in [6.45, 7) is 8.19. The van der Waals surface area contributed by atoms with Gasteiger partial charge in [0.05, 0.1) is 6.10 Å². The smallest absolute Gasteiger partial charge is 0.0576 e. The van der Waals surface area contributed by atoms with E-state index < -0.39 is 0 Å². The third kappa shape index (κ3) is 4.75. The highest BCUT2D eigenvalue weighted by Crippen LogP contribution is 2.29. The zero-order chi connectivity index (χ0) is 13.5. The molecular formula is C17H33NO. The molecule has 1 heterocycles. The number of nitrogens with zero attached hydrogens (tertiary/aromatic N) is 1. The summed E-state index contributed by atoms with van der Waals surface area (Å²) < 4.78 is 5.90. The molecule has 2 nitrogen and oxygen atoms in total. The Bertz CT molecular complexity index is 227. The van der Waals surface area contributed by atoms with E-state index in [4.69, 9.17) is 4.74 Å². The number of ether oxygens (including phenoxy) is 1. The summed E-state index contributed by atoms with van der Waals surface area (Å²) in [4.78, 5) is 2.78. The average molecular weight is 267 g/mol. The van der Waals surface area contributed by atoms with Crippen LogP contribution in [0.1, 0.15) is 71.6 Å². The van der Waals surface area contributed by atoms with Crippen molar-refractivity contribution >= 4 is 0 Å². The standard InChI is InChI=1S/C17H33NO/c1-3-5-15-10-12-18(13-11-15)16-6-8-17(9-7-16)19-14-4-2/h15-17H,3-14H2,1-2H3/t16-,17-. The number of likely N-dealkylation sites (tertiary alicyclic amines) is 1. The predicted molar refractivity (Wildman–Crippen MR) is 81.5 cm³/mol. The van der Waals surface area contributed by atoms with Crippen LogP contribution in [0.15, 0.2) is 0 Å². The second kappa shape index (κ2) is 8.26. The second-order valence-electron chi connectivity index (χ2n) is 6.57. The van der Waals surface area contributed by atoms with Gasteiger partial charge in [-0.25, -0.2) is 0 Å². The Morgan fingerprint density at radius 3 is 2.16 bits per heavy atom. The second-order valence-corrected chi connectivity index (χ2v) is 6.57. The Kier molecular flexibility index (Phi) is 6.66. The summed E-state index contributed by atoms with van der Waals surface area (Å²) in [5, 5.41) is 0. The summed E-state index contributed by atoms with van der Waals surface area (Å²) >= 11 is 0. The third-order valence-corrected chi connectivity index (χ3v) is 5.06. The molecule has 0 spiro atoms. The molecule has 0 bridgehead atoms. The highest BCUT2D eigenvalue weighted by molar-refractivity contribution is 4.83. The summed E-state index contributed by atoms with van der Waals surface area (Å²) in [5.74, 6) is 1.02. The topological polar surface area (TPSA) is 12.5 Å². The summed E-state index contributed by atoms with van der Waals surface area (Å²) in [5.41, 5.74) is 0. The van der Waals surface area contributed by atoms with Crippen molar-refractivity contribution in [3.63, 3.8) is 0 Å². The van der Waals surface area contributed by atoms with Crippen molar-refractivity contribution in [2.75, 3.05) is 19.7 Å². The van der Waals surface area contributed by atoms with E-state index in [-0.39, 0.29) is 0 Å². The van der Waals surface area contributed by atoms with Crippen molar-refractivity contribution in [3.05, 3.63) is 0 Å². The van der Waals surface area contributed by atoms with Gasteiger partial charge in [0.2, 0.25) is 0 Å². The van der Waals surface area contributed by atoms with Gasteiger partial charge in [-0.15, -0.1) is 0 Å². The monoisotopic (exact) mass is 267 g/mol. The van der Waals surface area contributed by atoms with Gasteiger partial charge in [-0.3, -0.25) is 0 Å². The quantitative estimate of drug-likeness (QED) is 0.714. The van der Waals surface area contributed by atoms with Gasteiger partial charge < -0.3 is 9.64 Å². The third-order valence-electron chi connectivity index (χ3n) is 5.06. The van der Waals surface area contributed by atoms with E-state index in [9.17, 15) is 0 Å². The Labute approximate surface area is 119 Å². The van der Waals surface area contributed by atoms with Crippen LogP contribution in [0.2, 0.25) is 0 Å².